The molecule has 2 atom stereocenters. The third-order valence-electron chi connectivity index (χ3n) is 4.55. The van der Waals surface area contributed by atoms with E-state index in [9.17, 15) is 0 Å². The summed E-state index contributed by atoms with van der Waals surface area (Å²) in [6, 6.07) is 2.21. The van der Waals surface area contributed by atoms with E-state index in [-0.39, 0.29) is 0 Å². The Morgan fingerprint density at radius 2 is 2.19 bits per heavy atom. The highest BCUT2D eigenvalue weighted by Gasteiger charge is 2.53. The molecule has 3 heteroatoms. The number of nitrogens with two attached hydrogens (primary N) is 1. The molecule has 0 bridgehead atoms. The van der Waals surface area contributed by atoms with E-state index in [4.69, 9.17) is 5.73 Å². The van der Waals surface area contributed by atoms with Gasteiger partial charge in [-0.3, -0.25) is 4.68 Å². The maximum atomic E-state index is 6.03. The van der Waals surface area contributed by atoms with Gasteiger partial charge in [0, 0.05) is 12.7 Å². The summed E-state index contributed by atoms with van der Waals surface area (Å²) in [7, 11) is 2.04. The fourth-order valence-corrected chi connectivity index (χ4v) is 3.60. The predicted molar refractivity (Wildman–Crippen MR) is 64.0 cm³/mol. The maximum Gasteiger partial charge on any atom is 0.0596 e. The highest BCUT2D eigenvalue weighted by molar-refractivity contribution is 5.14. The average Bonchev–Trinajstić information content (AvgIpc) is 2.72. The van der Waals surface area contributed by atoms with Gasteiger partial charge in [0.25, 0.3) is 0 Å². The summed E-state index contributed by atoms with van der Waals surface area (Å²) in [4.78, 5) is 0. The highest BCUT2D eigenvalue weighted by atomic mass is 15.3. The summed E-state index contributed by atoms with van der Waals surface area (Å²) in [5, 5.41) is 4.42. The molecule has 2 saturated carbocycles. The monoisotopic (exact) mass is 219 g/mol. The molecule has 1 aromatic rings. The molecular formula is C13H21N3. The molecule has 0 amide bonds. The summed E-state index contributed by atoms with van der Waals surface area (Å²) < 4.78 is 2.02. The molecule has 2 aliphatic rings. The number of aryl methyl sites for hydroxylation is 2. The first-order valence-corrected chi connectivity index (χ1v) is 6.31. The molecule has 3 nitrogen and oxygen atoms in total. The third-order valence-corrected chi connectivity index (χ3v) is 4.55. The van der Waals surface area contributed by atoms with Crippen LogP contribution < -0.4 is 5.73 Å². The van der Waals surface area contributed by atoms with Crippen LogP contribution in [-0.4, -0.2) is 16.3 Å². The van der Waals surface area contributed by atoms with Gasteiger partial charge in [-0.1, -0.05) is 0 Å². The number of rotatable bonds is 3. The molecular weight excluding hydrogens is 198 g/mol. The number of nitrogens with zero attached hydrogens (tertiary/aromatic N) is 2. The zero-order valence-electron chi connectivity index (χ0n) is 10.2. The Kier molecular flexibility index (Phi) is 2.15. The van der Waals surface area contributed by atoms with E-state index in [0.29, 0.717) is 5.41 Å². The fraction of sp³-hybridized carbons (Fsp3) is 0.769. The van der Waals surface area contributed by atoms with Crippen molar-refractivity contribution >= 4 is 0 Å². The minimum Gasteiger partial charge on any atom is -0.330 e. The average molecular weight is 219 g/mol. The van der Waals surface area contributed by atoms with Gasteiger partial charge in [0.05, 0.1) is 5.69 Å². The first-order chi connectivity index (χ1) is 7.62. The molecule has 0 spiro atoms. The van der Waals surface area contributed by atoms with Crippen LogP contribution in [0.1, 0.15) is 30.7 Å². The Labute approximate surface area is 97.0 Å². The van der Waals surface area contributed by atoms with Crippen molar-refractivity contribution in [3.63, 3.8) is 0 Å². The van der Waals surface area contributed by atoms with E-state index in [1.807, 2.05) is 11.7 Å². The van der Waals surface area contributed by atoms with E-state index < -0.39 is 0 Å². The molecule has 0 aromatic carbocycles. The number of aromatic nitrogens is 2. The minimum atomic E-state index is 0.383. The summed E-state index contributed by atoms with van der Waals surface area (Å²) >= 11 is 0. The third kappa shape index (κ3) is 1.58. The normalized spacial score (nSPS) is 36.4. The molecule has 1 heterocycles. The molecule has 0 aliphatic heterocycles. The smallest absolute Gasteiger partial charge is 0.0596 e. The maximum absolute atomic E-state index is 6.03. The lowest BCUT2D eigenvalue weighted by atomic mass is 9.79. The zero-order valence-corrected chi connectivity index (χ0v) is 10.2. The summed E-state index contributed by atoms with van der Waals surface area (Å²) in [6.07, 6.45) is 5.27. The van der Waals surface area contributed by atoms with Crippen molar-refractivity contribution in [2.24, 2.45) is 30.0 Å². The molecule has 1 aromatic heterocycles. The van der Waals surface area contributed by atoms with Crippen molar-refractivity contribution in [3.05, 3.63) is 17.5 Å². The van der Waals surface area contributed by atoms with Gasteiger partial charge in [0.2, 0.25) is 0 Å². The second-order valence-electron chi connectivity index (χ2n) is 5.95. The fourth-order valence-electron chi connectivity index (χ4n) is 3.60. The Morgan fingerprint density at radius 3 is 2.69 bits per heavy atom. The lowest BCUT2D eigenvalue weighted by Crippen LogP contribution is -2.32. The molecule has 2 N–H and O–H groups in total. The first-order valence-electron chi connectivity index (χ1n) is 6.31. The second-order valence-corrected chi connectivity index (χ2v) is 5.95. The lowest BCUT2D eigenvalue weighted by Gasteiger charge is -2.29. The Morgan fingerprint density at radius 1 is 1.50 bits per heavy atom. The molecule has 16 heavy (non-hydrogen) atoms. The van der Waals surface area contributed by atoms with Crippen molar-refractivity contribution in [1.82, 2.24) is 9.78 Å². The van der Waals surface area contributed by atoms with Crippen LogP contribution in [0.5, 0.6) is 0 Å². The summed E-state index contributed by atoms with van der Waals surface area (Å²) in [6.45, 7) is 2.90. The molecule has 2 aliphatic carbocycles. The van der Waals surface area contributed by atoms with Crippen LogP contribution in [0.4, 0.5) is 0 Å². The van der Waals surface area contributed by atoms with Crippen molar-refractivity contribution < 1.29 is 0 Å². The van der Waals surface area contributed by atoms with Gasteiger partial charge in [-0.15, -0.1) is 0 Å². The Hall–Kier alpha value is -0.830. The molecule has 0 saturated heterocycles. The molecule has 2 unspecified atom stereocenters. The van der Waals surface area contributed by atoms with Gasteiger partial charge < -0.3 is 5.73 Å². The van der Waals surface area contributed by atoms with E-state index in [1.165, 1.54) is 25.0 Å². The highest BCUT2D eigenvalue weighted by Crippen LogP contribution is 2.60. The van der Waals surface area contributed by atoms with Crippen molar-refractivity contribution in [3.8, 4) is 0 Å². The number of hydrogen-bond donors (Lipinski definition) is 1. The molecule has 3 rings (SSSR count). The largest absolute Gasteiger partial charge is 0.330 e. The Balaban J connectivity index is 1.79. The van der Waals surface area contributed by atoms with Crippen LogP contribution in [0, 0.1) is 24.2 Å². The number of fused-ring (bicyclic) bond motifs is 1. The SMILES string of the molecule is Cc1cc(CC2(CN)CC3CC3C2)n(C)n1. The van der Waals surface area contributed by atoms with Crippen LogP contribution in [0.15, 0.2) is 6.07 Å². The lowest BCUT2D eigenvalue weighted by molar-refractivity contribution is 0.267. The minimum absolute atomic E-state index is 0.383. The van der Waals surface area contributed by atoms with Crippen molar-refractivity contribution in [2.75, 3.05) is 6.54 Å². The van der Waals surface area contributed by atoms with Crippen LogP contribution >= 0.6 is 0 Å². The predicted octanol–water partition coefficient (Wildman–Crippen LogP) is 1.65. The van der Waals surface area contributed by atoms with Gasteiger partial charge >= 0.3 is 0 Å². The molecule has 2 fully saturated rings. The van der Waals surface area contributed by atoms with Crippen molar-refractivity contribution in [2.45, 2.75) is 32.6 Å². The topological polar surface area (TPSA) is 43.8 Å². The van der Waals surface area contributed by atoms with Gasteiger partial charge in [-0.2, -0.15) is 5.10 Å². The second kappa shape index (κ2) is 3.33. The van der Waals surface area contributed by atoms with Gasteiger partial charge in [-0.25, -0.2) is 0 Å². The van der Waals surface area contributed by atoms with E-state index in [1.54, 1.807) is 0 Å². The standard InChI is InChI=1S/C13H21N3/c1-9-3-12(16(2)15-9)7-13(8-14)5-10-4-11(10)6-13/h3,10-11H,4-8,14H2,1-2H3. The Bertz CT molecular complexity index is 397. The van der Waals surface area contributed by atoms with Gasteiger partial charge in [-0.05, 0) is 62.5 Å². The van der Waals surface area contributed by atoms with Crippen LogP contribution in [0.25, 0.3) is 0 Å². The van der Waals surface area contributed by atoms with E-state index in [0.717, 1.165) is 30.5 Å². The van der Waals surface area contributed by atoms with Gasteiger partial charge in [0.15, 0.2) is 0 Å². The van der Waals surface area contributed by atoms with E-state index in [2.05, 4.69) is 18.1 Å². The van der Waals surface area contributed by atoms with E-state index >= 15 is 0 Å². The first kappa shape index (κ1) is 10.3. The van der Waals surface area contributed by atoms with Crippen LogP contribution in [0.3, 0.4) is 0 Å². The van der Waals surface area contributed by atoms with Crippen LogP contribution in [-0.2, 0) is 13.5 Å². The van der Waals surface area contributed by atoms with Crippen LogP contribution in [0.2, 0.25) is 0 Å². The summed E-state index contributed by atoms with van der Waals surface area (Å²) in [5.74, 6) is 2.00. The zero-order chi connectivity index (χ0) is 11.3. The molecule has 0 radical (unpaired) electrons. The van der Waals surface area contributed by atoms with Gasteiger partial charge in [0.1, 0.15) is 0 Å². The molecule has 88 valence electrons. The summed E-state index contributed by atoms with van der Waals surface area (Å²) in [5.41, 5.74) is 8.88. The quantitative estimate of drug-likeness (QED) is 0.840. The number of hydrogen-bond acceptors (Lipinski definition) is 2. The van der Waals surface area contributed by atoms with Crippen molar-refractivity contribution in [1.29, 1.82) is 0 Å².